The van der Waals surface area contributed by atoms with Crippen LogP contribution in [0.4, 0.5) is 8.78 Å². The topological polar surface area (TPSA) is 50.4 Å². The zero-order chi connectivity index (χ0) is 14.4. The Morgan fingerprint density at radius 3 is 2.50 bits per heavy atom. The van der Waals surface area contributed by atoms with E-state index in [4.69, 9.17) is 5.73 Å². The monoisotopic (exact) mass is 397 g/mol. The number of nitrogens with two attached hydrogens (primary N) is 1. The maximum atomic E-state index is 13.5. The third-order valence-electron chi connectivity index (χ3n) is 2.71. The number of hydrogen-bond donors (Lipinski definition) is 2. The summed E-state index contributed by atoms with van der Waals surface area (Å²) in [6.07, 6.45) is 0. The van der Waals surface area contributed by atoms with E-state index in [1.165, 1.54) is 12.1 Å². The number of aliphatic imine (C=N–C) groups is 1. The molecule has 0 heterocycles. The summed E-state index contributed by atoms with van der Waals surface area (Å²) >= 11 is 0. The summed E-state index contributed by atoms with van der Waals surface area (Å²) in [7, 11) is 0. The summed E-state index contributed by atoms with van der Waals surface area (Å²) in [6, 6.07) is 3.60. The SMILES string of the molecule is CC(C)CN=C(N)NCC(C)c1ccc(F)cc1F.I. The molecule has 0 aliphatic rings. The van der Waals surface area contributed by atoms with Crippen molar-refractivity contribution in [2.24, 2.45) is 16.6 Å². The van der Waals surface area contributed by atoms with Gasteiger partial charge in [-0.05, 0) is 17.5 Å². The summed E-state index contributed by atoms with van der Waals surface area (Å²) in [5, 5.41) is 2.95. The Labute approximate surface area is 136 Å². The number of rotatable bonds is 5. The van der Waals surface area contributed by atoms with Crippen molar-refractivity contribution in [2.75, 3.05) is 13.1 Å². The molecule has 0 spiro atoms. The first-order valence-electron chi connectivity index (χ1n) is 6.39. The van der Waals surface area contributed by atoms with E-state index in [1.54, 1.807) is 0 Å². The van der Waals surface area contributed by atoms with Crippen LogP contribution in [-0.2, 0) is 0 Å². The van der Waals surface area contributed by atoms with Crippen LogP contribution in [0.3, 0.4) is 0 Å². The molecule has 0 aromatic heterocycles. The molecule has 6 heteroatoms. The van der Waals surface area contributed by atoms with Crippen LogP contribution < -0.4 is 11.1 Å². The van der Waals surface area contributed by atoms with Crippen molar-refractivity contribution in [1.29, 1.82) is 0 Å². The fourth-order valence-electron chi connectivity index (χ4n) is 1.61. The van der Waals surface area contributed by atoms with Gasteiger partial charge in [0, 0.05) is 25.1 Å². The molecule has 1 aromatic rings. The minimum atomic E-state index is -0.570. The average Bonchev–Trinajstić information content (AvgIpc) is 2.33. The van der Waals surface area contributed by atoms with Gasteiger partial charge >= 0.3 is 0 Å². The van der Waals surface area contributed by atoms with E-state index in [9.17, 15) is 8.78 Å². The predicted octanol–water partition coefficient (Wildman–Crippen LogP) is 3.25. The van der Waals surface area contributed by atoms with Gasteiger partial charge in [0.1, 0.15) is 11.6 Å². The average molecular weight is 397 g/mol. The second-order valence-corrected chi connectivity index (χ2v) is 5.07. The third-order valence-corrected chi connectivity index (χ3v) is 2.71. The summed E-state index contributed by atoms with van der Waals surface area (Å²) in [4.78, 5) is 4.16. The summed E-state index contributed by atoms with van der Waals surface area (Å²) in [5.41, 5.74) is 6.16. The van der Waals surface area contributed by atoms with Crippen molar-refractivity contribution in [2.45, 2.75) is 26.7 Å². The fraction of sp³-hybridized carbons (Fsp3) is 0.500. The van der Waals surface area contributed by atoms with Crippen LogP contribution >= 0.6 is 24.0 Å². The molecule has 3 N–H and O–H groups in total. The lowest BCUT2D eigenvalue weighted by Gasteiger charge is -2.14. The van der Waals surface area contributed by atoms with Crippen molar-refractivity contribution in [3.63, 3.8) is 0 Å². The minimum Gasteiger partial charge on any atom is -0.370 e. The Morgan fingerprint density at radius 1 is 1.30 bits per heavy atom. The molecule has 3 nitrogen and oxygen atoms in total. The van der Waals surface area contributed by atoms with Gasteiger partial charge in [0.15, 0.2) is 5.96 Å². The maximum Gasteiger partial charge on any atom is 0.188 e. The van der Waals surface area contributed by atoms with Crippen LogP contribution in [0.15, 0.2) is 23.2 Å². The highest BCUT2D eigenvalue weighted by Crippen LogP contribution is 2.18. The molecule has 0 saturated heterocycles. The van der Waals surface area contributed by atoms with Gasteiger partial charge in [-0.15, -0.1) is 24.0 Å². The number of halogens is 3. The highest BCUT2D eigenvalue weighted by molar-refractivity contribution is 14.0. The molecule has 0 saturated carbocycles. The van der Waals surface area contributed by atoms with Crippen molar-refractivity contribution >= 4 is 29.9 Å². The number of nitrogens with zero attached hydrogens (tertiary/aromatic N) is 1. The fourth-order valence-corrected chi connectivity index (χ4v) is 1.61. The minimum absolute atomic E-state index is 0. The molecule has 0 bridgehead atoms. The Kier molecular flexibility index (Phi) is 8.68. The van der Waals surface area contributed by atoms with Crippen LogP contribution in [0.25, 0.3) is 0 Å². The standard InChI is InChI=1S/C14H21F2N3.HI/c1-9(2)7-18-14(17)19-8-10(3)12-5-4-11(15)6-13(12)16;/h4-6,9-10H,7-8H2,1-3H3,(H3,17,18,19);1H. The van der Waals surface area contributed by atoms with Crippen molar-refractivity contribution < 1.29 is 8.78 Å². The maximum absolute atomic E-state index is 13.5. The first kappa shape index (κ1) is 19.1. The molecular weight excluding hydrogens is 375 g/mol. The lowest BCUT2D eigenvalue weighted by molar-refractivity contribution is 0.556. The van der Waals surface area contributed by atoms with Gasteiger partial charge in [-0.3, -0.25) is 4.99 Å². The van der Waals surface area contributed by atoms with Crippen molar-refractivity contribution in [3.05, 3.63) is 35.4 Å². The smallest absolute Gasteiger partial charge is 0.188 e. The highest BCUT2D eigenvalue weighted by Gasteiger charge is 2.11. The first-order valence-corrected chi connectivity index (χ1v) is 6.39. The molecule has 0 amide bonds. The molecule has 1 aromatic carbocycles. The Balaban J connectivity index is 0.00000361. The zero-order valence-corrected chi connectivity index (χ0v) is 14.3. The Bertz CT molecular complexity index is 450. The lowest BCUT2D eigenvalue weighted by atomic mass is 10.0. The third kappa shape index (κ3) is 6.49. The molecular formula is C14H22F2IN3. The quantitative estimate of drug-likeness (QED) is 0.455. The van der Waals surface area contributed by atoms with Crippen LogP contribution in [0.2, 0.25) is 0 Å². The molecule has 0 aliphatic heterocycles. The van der Waals surface area contributed by atoms with E-state index < -0.39 is 11.6 Å². The van der Waals surface area contributed by atoms with E-state index in [0.717, 1.165) is 6.07 Å². The molecule has 0 fully saturated rings. The van der Waals surface area contributed by atoms with Gasteiger partial charge in [0.05, 0.1) is 0 Å². The van der Waals surface area contributed by atoms with E-state index in [2.05, 4.69) is 10.3 Å². The van der Waals surface area contributed by atoms with Gasteiger partial charge in [-0.1, -0.05) is 26.8 Å². The molecule has 1 rings (SSSR count). The van der Waals surface area contributed by atoms with E-state index in [0.29, 0.717) is 30.5 Å². The number of nitrogens with one attached hydrogen (secondary N) is 1. The number of benzene rings is 1. The van der Waals surface area contributed by atoms with Crippen LogP contribution in [-0.4, -0.2) is 19.0 Å². The molecule has 0 radical (unpaired) electrons. The highest BCUT2D eigenvalue weighted by atomic mass is 127. The first-order chi connectivity index (χ1) is 8.90. The van der Waals surface area contributed by atoms with Crippen LogP contribution in [0.1, 0.15) is 32.3 Å². The Hall–Kier alpha value is -0.920. The van der Waals surface area contributed by atoms with Crippen LogP contribution in [0, 0.1) is 17.6 Å². The van der Waals surface area contributed by atoms with Gasteiger partial charge in [0.25, 0.3) is 0 Å². The number of hydrogen-bond acceptors (Lipinski definition) is 1. The molecule has 20 heavy (non-hydrogen) atoms. The van der Waals surface area contributed by atoms with E-state index >= 15 is 0 Å². The summed E-state index contributed by atoms with van der Waals surface area (Å²) < 4.78 is 26.4. The number of guanidine groups is 1. The van der Waals surface area contributed by atoms with Crippen LogP contribution in [0.5, 0.6) is 0 Å². The second kappa shape index (κ2) is 9.10. The van der Waals surface area contributed by atoms with Gasteiger partial charge < -0.3 is 11.1 Å². The van der Waals surface area contributed by atoms with Gasteiger partial charge in [0.2, 0.25) is 0 Å². The van der Waals surface area contributed by atoms with E-state index in [1.807, 2.05) is 20.8 Å². The van der Waals surface area contributed by atoms with Gasteiger partial charge in [-0.2, -0.15) is 0 Å². The summed E-state index contributed by atoms with van der Waals surface area (Å²) in [5.74, 6) is -0.435. The zero-order valence-electron chi connectivity index (χ0n) is 12.0. The Morgan fingerprint density at radius 2 is 1.95 bits per heavy atom. The predicted molar refractivity (Wildman–Crippen MR) is 89.5 cm³/mol. The molecule has 1 atom stereocenters. The molecule has 114 valence electrons. The van der Waals surface area contributed by atoms with Crippen molar-refractivity contribution in [1.82, 2.24) is 5.32 Å². The molecule has 0 aliphatic carbocycles. The normalized spacial score (nSPS) is 13.0. The van der Waals surface area contributed by atoms with Gasteiger partial charge in [-0.25, -0.2) is 8.78 Å². The summed E-state index contributed by atoms with van der Waals surface area (Å²) in [6.45, 7) is 7.05. The van der Waals surface area contributed by atoms with Crippen molar-refractivity contribution in [3.8, 4) is 0 Å². The largest absolute Gasteiger partial charge is 0.370 e. The molecule has 1 unspecified atom stereocenters. The second-order valence-electron chi connectivity index (χ2n) is 5.07. The lowest BCUT2D eigenvalue weighted by Crippen LogP contribution is -2.34. The van der Waals surface area contributed by atoms with E-state index in [-0.39, 0.29) is 29.9 Å².